The molecule has 1 heterocycles. The molecule has 1 aliphatic rings. The van der Waals surface area contributed by atoms with Gasteiger partial charge in [-0.25, -0.2) is 12.8 Å². The number of hydrogen-bond acceptors (Lipinski definition) is 4. The van der Waals surface area contributed by atoms with Gasteiger partial charge in [-0.05, 0) is 42.0 Å². The van der Waals surface area contributed by atoms with Gasteiger partial charge in [-0.2, -0.15) is 0 Å². The Hall–Kier alpha value is -2.94. The Morgan fingerprint density at radius 2 is 1.81 bits per heavy atom. The van der Waals surface area contributed by atoms with Crippen LogP contribution in [0.15, 0.2) is 42.5 Å². The van der Waals surface area contributed by atoms with Crippen molar-refractivity contribution in [1.82, 2.24) is 0 Å². The van der Waals surface area contributed by atoms with Gasteiger partial charge in [-0.3, -0.25) is 14.3 Å². The fourth-order valence-corrected chi connectivity index (χ4v) is 3.30. The van der Waals surface area contributed by atoms with E-state index in [-0.39, 0.29) is 18.0 Å². The molecule has 1 aliphatic heterocycles. The van der Waals surface area contributed by atoms with E-state index >= 15 is 0 Å². The number of carbonyl (C=O) groups is 2. The summed E-state index contributed by atoms with van der Waals surface area (Å²) in [6, 6.07) is 9.99. The van der Waals surface area contributed by atoms with Crippen molar-refractivity contribution in [3.8, 4) is 0 Å². The Bertz CT molecular complexity index is 974. The molecule has 136 valence electrons. The lowest BCUT2D eigenvalue weighted by atomic mass is 9.89. The summed E-state index contributed by atoms with van der Waals surface area (Å²) in [4.78, 5) is 24.4. The first-order chi connectivity index (χ1) is 12.2. The minimum absolute atomic E-state index is 0.0435. The van der Waals surface area contributed by atoms with Crippen molar-refractivity contribution in [2.75, 3.05) is 21.6 Å². The van der Waals surface area contributed by atoms with Crippen molar-refractivity contribution in [2.24, 2.45) is 0 Å². The van der Waals surface area contributed by atoms with Crippen LogP contribution in [0.25, 0.3) is 0 Å². The van der Waals surface area contributed by atoms with Crippen molar-refractivity contribution in [1.29, 1.82) is 0 Å². The summed E-state index contributed by atoms with van der Waals surface area (Å²) in [7, 11) is -3.39. The molecule has 0 saturated heterocycles. The molecule has 7 nitrogen and oxygen atoms in total. The van der Waals surface area contributed by atoms with Crippen LogP contribution in [0.4, 0.5) is 21.5 Å². The number of carbonyl (C=O) groups excluding carboxylic acids is 2. The smallest absolute Gasteiger partial charge is 0.232 e. The molecule has 2 amide bonds. The molecule has 0 aliphatic carbocycles. The Morgan fingerprint density at radius 3 is 2.46 bits per heavy atom. The highest BCUT2D eigenvalue weighted by Crippen LogP contribution is 2.33. The SMILES string of the molecule is CS(=O)(=O)Nc1ccc(NC(=O)C2CC(=O)Nc3cc(F)ccc32)cc1. The Balaban J connectivity index is 1.77. The van der Waals surface area contributed by atoms with Gasteiger partial charge in [-0.1, -0.05) is 6.07 Å². The molecule has 3 rings (SSSR count). The van der Waals surface area contributed by atoms with Gasteiger partial charge in [0.15, 0.2) is 0 Å². The number of nitrogens with one attached hydrogen (secondary N) is 3. The van der Waals surface area contributed by atoms with E-state index in [1.54, 1.807) is 12.1 Å². The normalized spacial score (nSPS) is 16.4. The van der Waals surface area contributed by atoms with Gasteiger partial charge in [0, 0.05) is 23.5 Å². The summed E-state index contributed by atoms with van der Waals surface area (Å²) in [6.07, 6.45) is 0.995. The zero-order valence-electron chi connectivity index (χ0n) is 13.7. The molecule has 2 aromatic rings. The number of anilines is 3. The van der Waals surface area contributed by atoms with Crippen molar-refractivity contribution in [3.63, 3.8) is 0 Å². The molecular weight excluding hydrogens is 361 g/mol. The molecule has 1 unspecified atom stereocenters. The monoisotopic (exact) mass is 377 g/mol. The number of sulfonamides is 1. The number of halogens is 1. The third-order valence-corrected chi connectivity index (χ3v) is 4.43. The van der Waals surface area contributed by atoms with E-state index in [0.717, 1.165) is 6.26 Å². The summed E-state index contributed by atoms with van der Waals surface area (Å²) in [5.74, 6) is -2.01. The van der Waals surface area contributed by atoms with E-state index in [0.29, 0.717) is 16.9 Å². The summed E-state index contributed by atoms with van der Waals surface area (Å²) >= 11 is 0. The van der Waals surface area contributed by atoms with Crippen molar-refractivity contribution >= 4 is 38.9 Å². The Labute approximate surface area is 149 Å². The molecule has 9 heteroatoms. The van der Waals surface area contributed by atoms with Gasteiger partial charge in [0.2, 0.25) is 21.8 Å². The summed E-state index contributed by atoms with van der Waals surface area (Å²) in [5.41, 5.74) is 1.64. The lowest BCUT2D eigenvalue weighted by Crippen LogP contribution is -2.30. The van der Waals surface area contributed by atoms with Crippen LogP contribution in [-0.4, -0.2) is 26.5 Å². The van der Waals surface area contributed by atoms with E-state index in [1.807, 2.05) is 0 Å². The predicted octanol–water partition coefficient (Wildman–Crippen LogP) is 2.26. The highest BCUT2D eigenvalue weighted by molar-refractivity contribution is 7.92. The largest absolute Gasteiger partial charge is 0.326 e. The van der Waals surface area contributed by atoms with E-state index < -0.39 is 27.7 Å². The molecular formula is C17H16FN3O4S. The molecule has 0 fully saturated rings. The third-order valence-electron chi connectivity index (χ3n) is 3.83. The highest BCUT2D eigenvalue weighted by Gasteiger charge is 2.31. The van der Waals surface area contributed by atoms with E-state index in [1.165, 1.54) is 30.3 Å². The third kappa shape index (κ3) is 4.17. The van der Waals surface area contributed by atoms with E-state index in [9.17, 15) is 22.4 Å². The maximum absolute atomic E-state index is 13.4. The molecule has 0 saturated carbocycles. The predicted molar refractivity (Wildman–Crippen MR) is 95.9 cm³/mol. The number of amides is 2. The molecule has 0 spiro atoms. The maximum Gasteiger partial charge on any atom is 0.232 e. The first-order valence-corrected chi connectivity index (χ1v) is 9.58. The van der Waals surface area contributed by atoms with Crippen molar-refractivity contribution in [2.45, 2.75) is 12.3 Å². The number of hydrogen-bond donors (Lipinski definition) is 3. The molecule has 26 heavy (non-hydrogen) atoms. The zero-order chi connectivity index (χ0) is 18.9. The van der Waals surface area contributed by atoms with Gasteiger partial charge in [-0.15, -0.1) is 0 Å². The molecule has 1 atom stereocenters. The van der Waals surface area contributed by atoms with Crippen LogP contribution >= 0.6 is 0 Å². The first-order valence-electron chi connectivity index (χ1n) is 7.69. The van der Waals surface area contributed by atoms with Gasteiger partial charge in [0.1, 0.15) is 5.82 Å². The number of fused-ring (bicyclic) bond motifs is 1. The second-order valence-electron chi connectivity index (χ2n) is 5.98. The van der Waals surface area contributed by atoms with Gasteiger partial charge in [0.05, 0.1) is 12.2 Å². The Morgan fingerprint density at radius 1 is 1.15 bits per heavy atom. The van der Waals surface area contributed by atoms with Gasteiger partial charge in [0.25, 0.3) is 0 Å². The minimum atomic E-state index is -3.39. The van der Waals surface area contributed by atoms with Gasteiger partial charge < -0.3 is 10.6 Å². The fourth-order valence-electron chi connectivity index (χ4n) is 2.74. The van der Waals surface area contributed by atoms with Crippen molar-refractivity contribution < 1.29 is 22.4 Å². The topological polar surface area (TPSA) is 104 Å². The molecule has 2 aromatic carbocycles. The lowest BCUT2D eigenvalue weighted by Gasteiger charge is -2.25. The minimum Gasteiger partial charge on any atom is -0.326 e. The Kier molecular flexibility index (Phi) is 4.64. The standard InChI is InChI=1S/C17H16FN3O4S/c1-26(24,25)21-12-5-3-11(4-6-12)19-17(23)14-9-16(22)20-15-8-10(18)2-7-13(14)15/h2-8,14,21H,9H2,1H3,(H,19,23)(H,20,22). The summed E-state index contributed by atoms with van der Waals surface area (Å²) in [5, 5.41) is 5.24. The van der Waals surface area contributed by atoms with E-state index in [2.05, 4.69) is 15.4 Å². The van der Waals surface area contributed by atoms with Crippen molar-refractivity contribution in [3.05, 3.63) is 53.8 Å². The van der Waals surface area contributed by atoms with Crippen LogP contribution < -0.4 is 15.4 Å². The second kappa shape index (κ2) is 6.75. The van der Waals surface area contributed by atoms with Crippen LogP contribution in [0.5, 0.6) is 0 Å². The number of benzene rings is 2. The maximum atomic E-state index is 13.4. The zero-order valence-corrected chi connectivity index (χ0v) is 14.6. The highest BCUT2D eigenvalue weighted by atomic mass is 32.2. The van der Waals surface area contributed by atoms with Crippen LogP contribution in [0, 0.1) is 5.82 Å². The molecule has 0 aromatic heterocycles. The average molecular weight is 377 g/mol. The number of rotatable bonds is 4. The summed E-state index contributed by atoms with van der Waals surface area (Å²) in [6.45, 7) is 0. The average Bonchev–Trinajstić information content (AvgIpc) is 2.54. The fraction of sp³-hybridized carbons (Fsp3) is 0.176. The van der Waals surface area contributed by atoms with Crippen LogP contribution in [0.1, 0.15) is 17.9 Å². The van der Waals surface area contributed by atoms with Crippen LogP contribution in [0.3, 0.4) is 0 Å². The molecule has 3 N–H and O–H groups in total. The van der Waals surface area contributed by atoms with Crippen LogP contribution in [-0.2, 0) is 19.6 Å². The first kappa shape index (κ1) is 17.9. The molecule has 0 bridgehead atoms. The van der Waals surface area contributed by atoms with E-state index in [4.69, 9.17) is 0 Å². The molecule has 0 radical (unpaired) electrons. The lowest BCUT2D eigenvalue weighted by molar-refractivity contribution is -0.123. The van der Waals surface area contributed by atoms with Gasteiger partial charge >= 0.3 is 0 Å². The second-order valence-corrected chi connectivity index (χ2v) is 7.73. The van der Waals surface area contributed by atoms with Crippen LogP contribution in [0.2, 0.25) is 0 Å². The quantitative estimate of drug-likeness (QED) is 0.760. The summed E-state index contributed by atoms with van der Waals surface area (Å²) < 4.78 is 38.1.